The van der Waals surface area contributed by atoms with Gasteiger partial charge in [0.05, 0.1) is 19.1 Å². The van der Waals surface area contributed by atoms with E-state index < -0.39 is 12.0 Å². The van der Waals surface area contributed by atoms with E-state index in [4.69, 9.17) is 10.5 Å². The van der Waals surface area contributed by atoms with Crippen molar-refractivity contribution in [2.24, 2.45) is 5.73 Å². The van der Waals surface area contributed by atoms with Gasteiger partial charge >= 0.3 is 5.97 Å². The lowest BCUT2D eigenvalue weighted by Gasteiger charge is -2.13. The van der Waals surface area contributed by atoms with E-state index in [9.17, 15) is 15.0 Å². The fourth-order valence-corrected chi connectivity index (χ4v) is 2.29. The molecule has 1 aromatic carbocycles. The minimum atomic E-state index is -0.813. The number of rotatable bonds is 5. The third-order valence-corrected chi connectivity index (χ3v) is 3.39. The number of phenolic OH excluding ortho intramolecular Hbond substituents is 2. The highest BCUT2D eigenvalue weighted by Gasteiger charge is 2.19. The van der Waals surface area contributed by atoms with E-state index in [1.807, 2.05) is 0 Å². The van der Waals surface area contributed by atoms with Crippen molar-refractivity contribution in [1.29, 1.82) is 0 Å². The van der Waals surface area contributed by atoms with Gasteiger partial charge in [-0.1, -0.05) is 0 Å². The third kappa shape index (κ3) is 3.21. The van der Waals surface area contributed by atoms with E-state index in [0.717, 1.165) is 11.8 Å². The molecule has 4 N–H and O–H groups in total. The first kappa shape index (κ1) is 14.5. The van der Waals surface area contributed by atoms with E-state index in [1.54, 1.807) is 0 Å². The van der Waals surface area contributed by atoms with Crippen LogP contribution in [0.1, 0.15) is 0 Å². The van der Waals surface area contributed by atoms with Gasteiger partial charge in [0.25, 0.3) is 0 Å². The average molecular weight is 273 g/mol. The number of hydrogen-bond acceptors (Lipinski definition) is 7. The normalized spacial score (nSPS) is 11.9. The quantitative estimate of drug-likeness (QED) is 0.412. The summed E-state index contributed by atoms with van der Waals surface area (Å²) in [5.41, 5.74) is 5.57. The Morgan fingerprint density at radius 1 is 1.39 bits per heavy atom. The predicted molar refractivity (Wildman–Crippen MR) is 67.0 cm³/mol. The lowest BCUT2D eigenvalue weighted by Crippen LogP contribution is -2.33. The minimum absolute atomic E-state index is 0.0493. The number of phenols is 2. The van der Waals surface area contributed by atoms with Crippen LogP contribution in [0, 0.1) is 0 Å². The molecular formula is C11H15NO5S. The van der Waals surface area contributed by atoms with Crippen LogP contribution in [-0.2, 0) is 9.53 Å². The van der Waals surface area contributed by atoms with Crippen LogP contribution in [0.3, 0.4) is 0 Å². The minimum Gasteiger partial charge on any atom is -0.507 e. The van der Waals surface area contributed by atoms with Crippen LogP contribution in [0.25, 0.3) is 0 Å². The summed E-state index contributed by atoms with van der Waals surface area (Å²) >= 11 is 1.10. The standard InChI is InChI=1S/C11H15NO5S/c1-16-9-7(13)3-4-8(14)10(9)18-5-6(12)11(15)17-2/h3-4,6,13-14H,5,12H2,1-2H3/t6-/m0/s1. The fraction of sp³-hybridized carbons (Fsp3) is 0.364. The van der Waals surface area contributed by atoms with Gasteiger partial charge in [-0.05, 0) is 12.1 Å². The van der Waals surface area contributed by atoms with Crippen LogP contribution >= 0.6 is 11.8 Å². The number of aromatic hydroxyl groups is 2. The number of carbonyl (C=O) groups excluding carboxylic acids is 1. The zero-order valence-corrected chi connectivity index (χ0v) is 10.9. The average Bonchev–Trinajstić information content (AvgIpc) is 2.38. The van der Waals surface area contributed by atoms with Crippen LogP contribution in [-0.4, -0.2) is 42.2 Å². The van der Waals surface area contributed by atoms with Crippen LogP contribution in [0.4, 0.5) is 0 Å². The largest absolute Gasteiger partial charge is 0.507 e. The Kier molecular flexibility index (Phi) is 5.11. The number of hydrogen-bond donors (Lipinski definition) is 3. The zero-order chi connectivity index (χ0) is 13.7. The summed E-state index contributed by atoms with van der Waals surface area (Å²) in [5.74, 6) is -0.339. The molecule has 0 aromatic heterocycles. The summed E-state index contributed by atoms with van der Waals surface area (Å²) in [6.07, 6.45) is 0. The molecule has 0 spiro atoms. The van der Waals surface area contributed by atoms with Crippen molar-refractivity contribution >= 4 is 17.7 Å². The molecule has 1 rings (SSSR count). The fourth-order valence-electron chi connectivity index (χ4n) is 1.27. The number of benzene rings is 1. The molecule has 0 radical (unpaired) electrons. The van der Waals surface area contributed by atoms with E-state index in [0.29, 0.717) is 4.90 Å². The van der Waals surface area contributed by atoms with Gasteiger partial charge in [-0.15, -0.1) is 11.8 Å². The van der Waals surface area contributed by atoms with Crippen molar-refractivity contribution < 1.29 is 24.5 Å². The molecule has 6 nitrogen and oxygen atoms in total. The summed E-state index contributed by atoms with van der Waals surface area (Å²) in [7, 11) is 2.62. The Morgan fingerprint density at radius 3 is 2.56 bits per heavy atom. The molecule has 0 bridgehead atoms. The Labute approximate surface area is 109 Å². The second kappa shape index (κ2) is 6.36. The van der Waals surface area contributed by atoms with Gasteiger partial charge in [-0.3, -0.25) is 4.79 Å². The lowest BCUT2D eigenvalue weighted by molar-refractivity contribution is -0.141. The molecule has 0 aliphatic rings. The maximum Gasteiger partial charge on any atom is 0.323 e. The first-order valence-corrected chi connectivity index (χ1v) is 6.05. The first-order chi connectivity index (χ1) is 8.51. The number of esters is 1. The molecule has 0 aliphatic heterocycles. The van der Waals surface area contributed by atoms with Gasteiger partial charge in [0.1, 0.15) is 11.8 Å². The molecule has 100 valence electrons. The summed E-state index contributed by atoms with van der Waals surface area (Å²) < 4.78 is 9.48. The smallest absolute Gasteiger partial charge is 0.323 e. The highest BCUT2D eigenvalue weighted by molar-refractivity contribution is 7.99. The summed E-state index contributed by atoms with van der Waals surface area (Å²) in [6.45, 7) is 0. The van der Waals surface area contributed by atoms with Crippen LogP contribution in [0.5, 0.6) is 17.2 Å². The van der Waals surface area contributed by atoms with Crippen LogP contribution < -0.4 is 10.5 Å². The molecule has 0 amide bonds. The predicted octanol–water partition coefficient (Wildman–Crippen LogP) is 0.699. The topological polar surface area (TPSA) is 102 Å². The summed E-state index contributed by atoms with van der Waals surface area (Å²) in [4.78, 5) is 11.5. The van der Waals surface area contributed by atoms with E-state index in [2.05, 4.69) is 4.74 Å². The van der Waals surface area contributed by atoms with Gasteiger partial charge < -0.3 is 25.4 Å². The SMILES string of the molecule is COC(=O)[C@@H](N)CSc1c(O)ccc(O)c1OC. The number of nitrogens with two attached hydrogens (primary N) is 1. The highest BCUT2D eigenvalue weighted by atomic mass is 32.2. The molecule has 0 fully saturated rings. The van der Waals surface area contributed by atoms with Gasteiger partial charge in [-0.25, -0.2) is 0 Å². The van der Waals surface area contributed by atoms with E-state index >= 15 is 0 Å². The number of methoxy groups -OCH3 is 2. The zero-order valence-electron chi connectivity index (χ0n) is 10.0. The van der Waals surface area contributed by atoms with Gasteiger partial charge in [0.15, 0.2) is 11.5 Å². The molecule has 0 unspecified atom stereocenters. The maximum atomic E-state index is 11.1. The molecule has 1 aromatic rings. The lowest BCUT2D eigenvalue weighted by atomic mass is 10.3. The Bertz CT molecular complexity index is 438. The Hall–Kier alpha value is -1.60. The number of ether oxygens (including phenoxy) is 2. The Balaban J connectivity index is 2.84. The number of thioether (sulfide) groups is 1. The molecule has 0 heterocycles. The summed E-state index contributed by atoms with van der Waals surface area (Å²) in [6, 6.07) is 1.84. The highest BCUT2D eigenvalue weighted by Crippen LogP contribution is 2.42. The third-order valence-electron chi connectivity index (χ3n) is 2.19. The van der Waals surface area contributed by atoms with Crippen molar-refractivity contribution in [3.8, 4) is 17.2 Å². The second-order valence-corrected chi connectivity index (χ2v) is 4.44. The van der Waals surface area contributed by atoms with Crippen LogP contribution in [0.2, 0.25) is 0 Å². The van der Waals surface area contributed by atoms with Crippen molar-refractivity contribution in [1.82, 2.24) is 0 Å². The second-order valence-electron chi connectivity index (χ2n) is 3.41. The van der Waals surface area contributed by atoms with Crippen molar-refractivity contribution in [3.63, 3.8) is 0 Å². The molecule has 7 heteroatoms. The Morgan fingerprint density at radius 2 is 2.00 bits per heavy atom. The van der Waals surface area contributed by atoms with Crippen molar-refractivity contribution in [2.45, 2.75) is 10.9 Å². The van der Waals surface area contributed by atoms with Gasteiger partial charge in [0.2, 0.25) is 0 Å². The molecule has 0 aliphatic carbocycles. The molecule has 18 heavy (non-hydrogen) atoms. The van der Waals surface area contributed by atoms with Crippen molar-refractivity contribution in [3.05, 3.63) is 12.1 Å². The van der Waals surface area contributed by atoms with E-state index in [1.165, 1.54) is 26.4 Å². The van der Waals surface area contributed by atoms with E-state index in [-0.39, 0.29) is 23.0 Å². The number of carbonyl (C=O) groups is 1. The summed E-state index contributed by atoms with van der Waals surface area (Å²) in [5, 5.41) is 19.3. The van der Waals surface area contributed by atoms with Crippen LogP contribution in [0.15, 0.2) is 17.0 Å². The van der Waals surface area contributed by atoms with Gasteiger partial charge in [-0.2, -0.15) is 0 Å². The van der Waals surface area contributed by atoms with Gasteiger partial charge in [0, 0.05) is 5.75 Å². The maximum absolute atomic E-state index is 11.1. The molecule has 1 atom stereocenters. The van der Waals surface area contributed by atoms with Crippen molar-refractivity contribution in [2.75, 3.05) is 20.0 Å². The monoisotopic (exact) mass is 273 g/mol. The molecule has 0 saturated heterocycles. The molecule has 0 saturated carbocycles. The first-order valence-electron chi connectivity index (χ1n) is 5.06. The molecular weight excluding hydrogens is 258 g/mol.